The monoisotopic (exact) mass is 304 g/mol. The van der Waals surface area contributed by atoms with Gasteiger partial charge in [0.05, 0.1) is 6.61 Å². The molecular weight excluding hydrogens is 268 g/mol. The maximum atomic E-state index is 5.53. The molecule has 0 heterocycles. The van der Waals surface area contributed by atoms with Gasteiger partial charge in [-0.25, -0.2) is 0 Å². The number of hydrogen-bond donors (Lipinski definition) is 0. The van der Waals surface area contributed by atoms with E-state index >= 15 is 0 Å². The summed E-state index contributed by atoms with van der Waals surface area (Å²) < 4.78 is 5.53. The van der Waals surface area contributed by atoms with Crippen LogP contribution in [0.25, 0.3) is 0 Å². The van der Waals surface area contributed by atoms with Crippen LogP contribution in [0.2, 0.25) is 0 Å². The smallest absolute Gasteiger partial charge is 0.0647 e. The van der Waals surface area contributed by atoms with Gasteiger partial charge in [0.1, 0.15) is 0 Å². The summed E-state index contributed by atoms with van der Waals surface area (Å²) >= 11 is 0. The molecule has 0 aromatic carbocycles. The van der Waals surface area contributed by atoms with E-state index in [1.54, 1.807) is 0 Å². The van der Waals surface area contributed by atoms with Crippen molar-refractivity contribution >= 4 is 0 Å². The minimum Gasteiger partial charge on any atom is -0.377 e. The lowest BCUT2D eigenvalue weighted by Gasteiger charge is -2.36. The van der Waals surface area contributed by atoms with Gasteiger partial charge in [0.15, 0.2) is 0 Å². The topological polar surface area (TPSA) is 9.23 Å². The highest BCUT2D eigenvalue weighted by molar-refractivity contribution is 4.94. The Morgan fingerprint density at radius 1 is 0.818 bits per heavy atom. The van der Waals surface area contributed by atoms with Crippen LogP contribution in [0.5, 0.6) is 0 Å². The number of hydrogen-bond acceptors (Lipinski definition) is 1. The molecule has 2 aliphatic rings. The molecule has 0 aliphatic heterocycles. The Morgan fingerprint density at radius 2 is 1.36 bits per heavy atom. The third-order valence-corrected chi connectivity index (χ3v) is 5.74. The van der Waals surface area contributed by atoms with Crippen molar-refractivity contribution in [1.29, 1.82) is 0 Å². The first kappa shape index (κ1) is 17.8. The Balaban J connectivity index is 1.63. The maximum Gasteiger partial charge on any atom is 0.0647 e. The van der Waals surface area contributed by atoms with Crippen molar-refractivity contribution in [2.24, 2.45) is 23.7 Å². The third kappa shape index (κ3) is 5.91. The normalized spacial score (nSPS) is 33.7. The van der Waals surface area contributed by atoms with E-state index in [-0.39, 0.29) is 0 Å². The first-order valence-electron chi connectivity index (χ1n) is 9.70. The van der Waals surface area contributed by atoms with Crippen molar-refractivity contribution in [2.45, 2.75) is 71.6 Å². The van der Waals surface area contributed by atoms with Crippen LogP contribution in [-0.4, -0.2) is 13.2 Å². The molecule has 1 heteroatoms. The lowest BCUT2D eigenvalue weighted by Crippen LogP contribution is -2.25. The van der Waals surface area contributed by atoms with Crippen LogP contribution in [0, 0.1) is 23.7 Å². The Labute approximate surface area is 138 Å². The molecular formula is C21H36O. The zero-order chi connectivity index (χ0) is 15.6. The molecule has 0 radical (unpaired) electrons. The first-order chi connectivity index (χ1) is 10.8. The molecule has 0 atom stereocenters. The molecule has 1 nitrogen and oxygen atoms in total. The predicted molar refractivity (Wildman–Crippen MR) is 96.0 cm³/mol. The second kappa shape index (κ2) is 10.3. The summed E-state index contributed by atoms with van der Waals surface area (Å²) in [6.07, 6.45) is 22.0. The minimum atomic E-state index is 0.808. The highest BCUT2D eigenvalue weighted by atomic mass is 16.5. The molecule has 0 N–H and O–H groups in total. The fourth-order valence-corrected chi connectivity index (χ4v) is 4.43. The zero-order valence-electron chi connectivity index (χ0n) is 14.8. The second-order valence-electron chi connectivity index (χ2n) is 7.38. The van der Waals surface area contributed by atoms with Gasteiger partial charge in [-0.05, 0) is 88.4 Å². The van der Waals surface area contributed by atoms with Crippen molar-refractivity contribution in [3.63, 3.8) is 0 Å². The first-order valence-corrected chi connectivity index (χ1v) is 9.70. The van der Waals surface area contributed by atoms with Gasteiger partial charge < -0.3 is 4.74 Å². The van der Waals surface area contributed by atoms with E-state index in [4.69, 9.17) is 4.74 Å². The Morgan fingerprint density at radius 3 is 1.86 bits per heavy atom. The number of allylic oxidation sites excluding steroid dienone is 3. The van der Waals surface area contributed by atoms with E-state index in [1.807, 2.05) is 0 Å². The Hall–Kier alpha value is -0.560. The van der Waals surface area contributed by atoms with Crippen LogP contribution >= 0.6 is 0 Å². The molecule has 2 rings (SSSR count). The molecule has 0 saturated heterocycles. The van der Waals surface area contributed by atoms with Crippen LogP contribution in [-0.2, 0) is 4.74 Å². The SMILES string of the molecule is CC=C[C@H]1CC[C@H]([C@H]2CC[C@H](C=CCOCCC)CC2)CC1. The van der Waals surface area contributed by atoms with Crippen molar-refractivity contribution in [3.05, 3.63) is 24.3 Å². The van der Waals surface area contributed by atoms with Gasteiger partial charge in [-0.1, -0.05) is 31.2 Å². The van der Waals surface area contributed by atoms with Crippen LogP contribution in [0.4, 0.5) is 0 Å². The van der Waals surface area contributed by atoms with Gasteiger partial charge in [-0.2, -0.15) is 0 Å². The largest absolute Gasteiger partial charge is 0.377 e. The van der Waals surface area contributed by atoms with Gasteiger partial charge in [0.2, 0.25) is 0 Å². The molecule has 0 amide bonds. The van der Waals surface area contributed by atoms with Crippen LogP contribution in [0.15, 0.2) is 24.3 Å². The predicted octanol–water partition coefficient (Wildman–Crippen LogP) is 6.16. The van der Waals surface area contributed by atoms with Gasteiger partial charge in [0.25, 0.3) is 0 Å². The summed E-state index contributed by atoms with van der Waals surface area (Å²) in [5.41, 5.74) is 0. The van der Waals surface area contributed by atoms with Crippen LogP contribution < -0.4 is 0 Å². The minimum absolute atomic E-state index is 0.808. The molecule has 0 unspecified atom stereocenters. The fraction of sp³-hybridized carbons (Fsp3) is 0.810. The summed E-state index contributed by atoms with van der Waals surface area (Å²) in [4.78, 5) is 0. The summed E-state index contributed by atoms with van der Waals surface area (Å²) in [6, 6.07) is 0. The van der Waals surface area contributed by atoms with E-state index in [1.165, 1.54) is 51.4 Å². The van der Waals surface area contributed by atoms with Crippen LogP contribution in [0.3, 0.4) is 0 Å². The maximum absolute atomic E-state index is 5.53. The van der Waals surface area contributed by atoms with Crippen LogP contribution in [0.1, 0.15) is 71.6 Å². The van der Waals surface area contributed by atoms with Gasteiger partial charge in [0, 0.05) is 6.61 Å². The van der Waals surface area contributed by atoms with Gasteiger partial charge in [-0.3, -0.25) is 0 Å². The summed E-state index contributed by atoms with van der Waals surface area (Å²) in [5.74, 6) is 3.75. The van der Waals surface area contributed by atoms with E-state index in [9.17, 15) is 0 Å². The quantitative estimate of drug-likeness (QED) is 0.404. The summed E-state index contributed by atoms with van der Waals surface area (Å²) in [7, 11) is 0. The molecule has 22 heavy (non-hydrogen) atoms. The average Bonchev–Trinajstić information content (AvgIpc) is 2.56. The molecule has 0 aromatic rings. The number of ether oxygens (including phenoxy) is 1. The van der Waals surface area contributed by atoms with Crippen molar-refractivity contribution in [2.75, 3.05) is 13.2 Å². The van der Waals surface area contributed by atoms with Crippen molar-refractivity contribution in [3.8, 4) is 0 Å². The molecule has 2 saturated carbocycles. The summed E-state index contributed by atoms with van der Waals surface area (Å²) in [6.45, 7) is 6.03. The molecule has 2 fully saturated rings. The Bertz CT molecular complexity index is 328. The standard InChI is InChI=1S/C21H36O/c1-3-6-18-8-12-20(13-9-18)21-14-10-19(11-15-21)7-5-17-22-16-4-2/h3,5-7,18-21H,4,8-17H2,1-2H3/t18-,19-,20-,21-. The zero-order valence-corrected chi connectivity index (χ0v) is 14.8. The van der Waals surface area contributed by atoms with Crippen molar-refractivity contribution < 1.29 is 4.74 Å². The van der Waals surface area contributed by atoms with E-state index in [0.717, 1.165) is 43.3 Å². The molecule has 0 aromatic heterocycles. The lowest BCUT2D eigenvalue weighted by molar-refractivity contribution is 0.159. The van der Waals surface area contributed by atoms with Gasteiger partial charge >= 0.3 is 0 Å². The lowest BCUT2D eigenvalue weighted by atomic mass is 9.69. The molecule has 126 valence electrons. The average molecular weight is 305 g/mol. The summed E-state index contributed by atoms with van der Waals surface area (Å²) in [5, 5.41) is 0. The second-order valence-corrected chi connectivity index (χ2v) is 7.38. The van der Waals surface area contributed by atoms with Crippen molar-refractivity contribution in [1.82, 2.24) is 0 Å². The molecule has 0 spiro atoms. The van der Waals surface area contributed by atoms with E-state index < -0.39 is 0 Å². The fourth-order valence-electron chi connectivity index (χ4n) is 4.43. The Kier molecular flexibility index (Phi) is 8.30. The third-order valence-electron chi connectivity index (χ3n) is 5.74. The van der Waals surface area contributed by atoms with Gasteiger partial charge in [-0.15, -0.1) is 0 Å². The molecule has 0 bridgehead atoms. The highest BCUT2D eigenvalue weighted by Gasteiger charge is 2.29. The molecule has 2 aliphatic carbocycles. The van der Waals surface area contributed by atoms with E-state index in [0.29, 0.717) is 0 Å². The number of rotatable bonds is 7. The van der Waals surface area contributed by atoms with E-state index in [2.05, 4.69) is 38.2 Å². The highest BCUT2D eigenvalue weighted by Crippen LogP contribution is 2.41.